The summed E-state index contributed by atoms with van der Waals surface area (Å²) in [4.78, 5) is 19.6. The summed E-state index contributed by atoms with van der Waals surface area (Å²) in [5.74, 6) is 1.96. The van der Waals surface area contributed by atoms with Crippen molar-refractivity contribution in [1.82, 2.24) is 14.5 Å². The monoisotopic (exact) mass is 408 g/mol. The second kappa shape index (κ2) is 9.17. The predicted molar refractivity (Wildman–Crippen MR) is 117 cm³/mol. The van der Waals surface area contributed by atoms with Gasteiger partial charge in [-0.3, -0.25) is 9.69 Å². The van der Waals surface area contributed by atoms with Crippen LogP contribution in [0.5, 0.6) is 11.5 Å². The van der Waals surface area contributed by atoms with Crippen LogP contribution >= 0.6 is 0 Å². The number of para-hydroxylation sites is 2. The lowest BCUT2D eigenvalue weighted by Gasteiger charge is -2.25. The summed E-state index contributed by atoms with van der Waals surface area (Å²) in [6.45, 7) is 3.04. The molecule has 1 saturated heterocycles. The van der Waals surface area contributed by atoms with Crippen LogP contribution < -0.4 is 14.8 Å². The van der Waals surface area contributed by atoms with Crippen LogP contribution in [-0.4, -0.2) is 47.2 Å². The van der Waals surface area contributed by atoms with E-state index in [-0.39, 0.29) is 12.5 Å². The number of imidazole rings is 1. The third-order valence-corrected chi connectivity index (χ3v) is 5.50. The van der Waals surface area contributed by atoms with Gasteiger partial charge in [-0.25, -0.2) is 4.98 Å². The van der Waals surface area contributed by atoms with Crippen LogP contribution in [0.3, 0.4) is 0 Å². The van der Waals surface area contributed by atoms with Crippen molar-refractivity contribution in [2.45, 2.75) is 25.8 Å². The molecule has 0 spiro atoms. The highest BCUT2D eigenvalue weighted by Crippen LogP contribution is 2.26. The van der Waals surface area contributed by atoms with Crippen molar-refractivity contribution < 1.29 is 14.3 Å². The topological polar surface area (TPSA) is 68.6 Å². The SMILES string of the molecule is COc1ccccc1OCC(=O)Nc1ccc2c(c1)nc(CN1CCCCC1)n2C. The third-order valence-electron chi connectivity index (χ3n) is 5.50. The number of hydrogen-bond acceptors (Lipinski definition) is 5. The fourth-order valence-corrected chi connectivity index (χ4v) is 3.86. The molecule has 0 bridgehead atoms. The maximum atomic E-state index is 12.3. The number of aromatic nitrogens is 2. The standard InChI is InChI=1S/C23H28N4O3/c1-26-19-11-10-17(14-18(19)25-22(26)15-27-12-6-3-7-13-27)24-23(28)16-30-21-9-5-4-8-20(21)29-2/h4-5,8-11,14H,3,6-7,12-13,15-16H2,1-2H3,(H,24,28). The summed E-state index contributed by atoms with van der Waals surface area (Å²) >= 11 is 0. The van der Waals surface area contributed by atoms with E-state index in [1.165, 1.54) is 19.3 Å². The van der Waals surface area contributed by atoms with Gasteiger partial charge in [-0.05, 0) is 56.3 Å². The molecule has 30 heavy (non-hydrogen) atoms. The molecule has 1 aromatic heterocycles. The van der Waals surface area contributed by atoms with E-state index >= 15 is 0 Å². The van der Waals surface area contributed by atoms with Crippen molar-refractivity contribution in [2.75, 3.05) is 32.1 Å². The summed E-state index contributed by atoms with van der Waals surface area (Å²) < 4.78 is 13.0. The molecule has 1 N–H and O–H groups in total. The molecule has 7 nitrogen and oxygen atoms in total. The molecule has 1 amide bonds. The molecular weight excluding hydrogens is 380 g/mol. The zero-order valence-electron chi connectivity index (χ0n) is 17.6. The van der Waals surface area contributed by atoms with Crippen LogP contribution in [-0.2, 0) is 18.4 Å². The van der Waals surface area contributed by atoms with Crippen molar-refractivity contribution in [3.8, 4) is 11.5 Å². The molecule has 0 atom stereocenters. The van der Waals surface area contributed by atoms with Gasteiger partial charge in [0, 0.05) is 12.7 Å². The molecule has 1 fully saturated rings. The van der Waals surface area contributed by atoms with Gasteiger partial charge in [-0.1, -0.05) is 18.6 Å². The summed E-state index contributed by atoms with van der Waals surface area (Å²) in [6.07, 6.45) is 3.84. The highest BCUT2D eigenvalue weighted by atomic mass is 16.5. The number of anilines is 1. The smallest absolute Gasteiger partial charge is 0.262 e. The van der Waals surface area contributed by atoms with E-state index in [2.05, 4.69) is 14.8 Å². The van der Waals surface area contributed by atoms with Gasteiger partial charge < -0.3 is 19.4 Å². The fourth-order valence-electron chi connectivity index (χ4n) is 3.86. The van der Waals surface area contributed by atoms with Gasteiger partial charge in [0.05, 0.1) is 24.7 Å². The number of nitrogens with one attached hydrogen (secondary N) is 1. The van der Waals surface area contributed by atoms with E-state index in [4.69, 9.17) is 14.5 Å². The largest absolute Gasteiger partial charge is 0.493 e. The molecule has 0 unspecified atom stereocenters. The molecule has 158 valence electrons. The minimum atomic E-state index is -0.232. The summed E-state index contributed by atoms with van der Waals surface area (Å²) in [7, 11) is 3.62. The number of methoxy groups -OCH3 is 1. The van der Waals surface area contributed by atoms with Crippen molar-refractivity contribution in [3.05, 3.63) is 48.3 Å². The van der Waals surface area contributed by atoms with Gasteiger partial charge >= 0.3 is 0 Å². The molecular formula is C23H28N4O3. The Morgan fingerprint density at radius 3 is 2.63 bits per heavy atom. The Kier molecular flexibility index (Phi) is 6.18. The maximum Gasteiger partial charge on any atom is 0.262 e. The van der Waals surface area contributed by atoms with E-state index in [9.17, 15) is 4.79 Å². The lowest BCUT2D eigenvalue weighted by Crippen LogP contribution is -2.30. The number of carbonyl (C=O) groups excluding carboxylic acids is 1. The first kappa shape index (κ1) is 20.2. The lowest BCUT2D eigenvalue weighted by molar-refractivity contribution is -0.118. The zero-order valence-corrected chi connectivity index (χ0v) is 17.6. The number of aryl methyl sites for hydroxylation is 1. The van der Waals surface area contributed by atoms with E-state index in [0.717, 1.165) is 36.5 Å². The van der Waals surface area contributed by atoms with Crippen LogP contribution in [0.1, 0.15) is 25.1 Å². The number of ether oxygens (including phenoxy) is 2. The number of benzene rings is 2. The van der Waals surface area contributed by atoms with E-state index < -0.39 is 0 Å². The molecule has 2 aromatic carbocycles. The molecule has 0 aliphatic carbocycles. The van der Waals surface area contributed by atoms with Gasteiger partial charge in [0.25, 0.3) is 5.91 Å². The van der Waals surface area contributed by atoms with E-state index in [0.29, 0.717) is 17.2 Å². The summed E-state index contributed by atoms with van der Waals surface area (Å²) in [6, 6.07) is 13.1. The van der Waals surface area contributed by atoms with Gasteiger partial charge in [0.1, 0.15) is 5.82 Å². The molecule has 7 heteroatoms. The van der Waals surface area contributed by atoms with Crippen LogP contribution in [0.25, 0.3) is 11.0 Å². The molecule has 2 heterocycles. The number of fused-ring (bicyclic) bond motifs is 1. The Labute approximate surface area is 176 Å². The molecule has 1 aliphatic heterocycles. The Hall–Kier alpha value is -3.06. The minimum Gasteiger partial charge on any atom is -0.493 e. The quantitative estimate of drug-likeness (QED) is 0.647. The van der Waals surface area contributed by atoms with E-state index in [1.54, 1.807) is 19.2 Å². The van der Waals surface area contributed by atoms with Gasteiger partial charge in [-0.15, -0.1) is 0 Å². The van der Waals surface area contributed by atoms with Crippen LogP contribution in [0, 0.1) is 0 Å². The first-order valence-corrected chi connectivity index (χ1v) is 10.4. The maximum absolute atomic E-state index is 12.3. The Morgan fingerprint density at radius 1 is 1.10 bits per heavy atom. The second-order valence-electron chi connectivity index (χ2n) is 7.62. The number of likely N-dealkylation sites (tertiary alicyclic amines) is 1. The zero-order chi connectivity index (χ0) is 20.9. The highest BCUT2D eigenvalue weighted by molar-refractivity contribution is 5.94. The van der Waals surface area contributed by atoms with E-state index in [1.807, 2.05) is 37.4 Å². The van der Waals surface area contributed by atoms with Crippen LogP contribution in [0.4, 0.5) is 5.69 Å². The molecule has 1 aliphatic rings. The average Bonchev–Trinajstić information content (AvgIpc) is 3.07. The van der Waals surface area contributed by atoms with Gasteiger partial charge in [0.2, 0.25) is 0 Å². The first-order chi connectivity index (χ1) is 14.6. The molecule has 3 aromatic rings. The Morgan fingerprint density at radius 2 is 1.87 bits per heavy atom. The number of nitrogens with zero attached hydrogens (tertiary/aromatic N) is 3. The Bertz CT molecular complexity index is 1020. The minimum absolute atomic E-state index is 0.0964. The summed E-state index contributed by atoms with van der Waals surface area (Å²) in [5, 5.41) is 2.89. The number of hydrogen-bond donors (Lipinski definition) is 1. The van der Waals surface area contributed by atoms with Crippen molar-refractivity contribution in [2.24, 2.45) is 7.05 Å². The molecule has 4 rings (SSSR count). The molecule has 0 radical (unpaired) electrons. The molecule has 0 saturated carbocycles. The normalized spacial score (nSPS) is 14.6. The predicted octanol–water partition coefficient (Wildman–Crippen LogP) is 3.59. The fraction of sp³-hybridized carbons (Fsp3) is 0.391. The second-order valence-corrected chi connectivity index (χ2v) is 7.62. The number of amides is 1. The van der Waals surface area contributed by atoms with Crippen LogP contribution in [0.15, 0.2) is 42.5 Å². The number of piperidine rings is 1. The van der Waals surface area contributed by atoms with Crippen molar-refractivity contribution >= 4 is 22.6 Å². The number of rotatable bonds is 7. The van der Waals surface area contributed by atoms with Crippen molar-refractivity contribution in [3.63, 3.8) is 0 Å². The summed E-state index contributed by atoms with van der Waals surface area (Å²) in [5.41, 5.74) is 2.65. The van der Waals surface area contributed by atoms with Gasteiger partial charge in [0.15, 0.2) is 18.1 Å². The van der Waals surface area contributed by atoms with Gasteiger partial charge in [-0.2, -0.15) is 0 Å². The lowest BCUT2D eigenvalue weighted by atomic mass is 10.1. The average molecular weight is 409 g/mol. The van der Waals surface area contributed by atoms with Crippen LogP contribution in [0.2, 0.25) is 0 Å². The highest BCUT2D eigenvalue weighted by Gasteiger charge is 2.15. The third kappa shape index (κ3) is 4.57. The van der Waals surface area contributed by atoms with Crippen molar-refractivity contribution in [1.29, 1.82) is 0 Å². The Balaban J connectivity index is 1.41. The first-order valence-electron chi connectivity index (χ1n) is 10.4. The number of carbonyl (C=O) groups is 1.